The fourth-order valence-electron chi connectivity index (χ4n) is 3.20. The molecule has 0 saturated heterocycles. The molecule has 0 fully saturated rings. The summed E-state index contributed by atoms with van der Waals surface area (Å²) in [5.74, 6) is -1.31. The lowest BCUT2D eigenvalue weighted by Crippen LogP contribution is -2.32. The van der Waals surface area contributed by atoms with Crippen LogP contribution >= 0.6 is 15.9 Å². The number of benzene rings is 2. The number of halogens is 4. The van der Waals surface area contributed by atoms with Crippen LogP contribution in [0.5, 0.6) is 0 Å². The lowest BCUT2D eigenvalue weighted by Gasteiger charge is -2.15. The van der Waals surface area contributed by atoms with Crippen molar-refractivity contribution in [3.63, 3.8) is 0 Å². The van der Waals surface area contributed by atoms with Crippen LogP contribution in [0, 0.1) is 0 Å². The number of hydrogen-bond donors (Lipinski definition) is 2. The predicted molar refractivity (Wildman–Crippen MR) is 108 cm³/mol. The van der Waals surface area contributed by atoms with Crippen LogP contribution in [0.1, 0.15) is 50.8 Å². The van der Waals surface area contributed by atoms with Gasteiger partial charge >= 0.3 is 6.18 Å². The highest BCUT2D eigenvalue weighted by Gasteiger charge is 2.35. The molecule has 2 aromatic carbocycles. The molecule has 0 aliphatic carbocycles. The zero-order valence-electron chi connectivity index (χ0n) is 16.1. The van der Waals surface area contributed by atoms with Crippen LogP contribution in [-0.4, -0.2) is 40.8 Å². The van der Waals surface area contributed by atoms with Crippen molar-refractivity contribution in [3.8, 4) is 0 Å². The summed E-state index contributed by atoms with van der Waals surface area (Å²) < 4.78 is 39.0. The highest BCUT2D eigenvalue weighted by atomic mass is 79.9. The maximum absolute atomic E-state index is 12.8. The first-order chi connectivity index (χ1) is 14.6. The molecular formula is C21H18BrF3N2O4. The summed E-state index contributed by atoms with van der Waals surface area (Å²) in [5.41, 5.74) is -0.245. The van der Waals surface area contributed by atoms with Gasteiger partial charge in [0.1, 0.15) is 0 Å². The van der Waals surface area contributed by atoms with Crippen molar-refractivity contribution in [2.75, 3.05) is 13.1 Å². The smallest absolute Gasteiger partial charge is 0.387 e. The Bertz CT molecular complexity index is 1030. The number of carbonyl (C=O) groups excluding carboxylic acids is 3. The Morgan fingerprint density at radius 1 is 1.10 bits per heavy atom. The second-order valence-corrected chi connectivity index (χ2v) is 7.91. The van der Waals surface area contributed by atoms with E-state index in [1.807, 2.05) is 0 Å². The van der Waals surface area contributed by atoms with E-state index >= 15 is 0 Å². The molecule has 0 bridgehead atoms. The summed E-state index contributed by atoms with van der Waals surface area (Å²) in [4.78, 5) is 37.8. The van der Waals surface area contributed by atoms with Gasteiger partial charge in [0, 0.05) is 24.0 Å². The Labute approximate surface area is 184 Å². The molecule has 2 N–H and O–H groups in total. The summed E-state index contributed by atoms with van der Waals surface area (Å²) in [6, 6.07) is 9.04. The summed E-state index contributed by atoms with van der Waals surface area (Å²) >= 11 is 3.25. The van der Waals surface area contributed by atoms with Crippen molar-refractivity contribution in [1.29, 1.82) is 0 Å². The number of nitrogens with zero attached hydrogens (tertiary/aromatic N) is 1. The van der Waals surface area contributed by atoms with Crippen LogP contribution in [-0.2, 0) is 11.0 Å². The van der Waals surface area contributed by atoms with Gasteiger partial charge in [0.15, 0.2) is 0 Å². The minimum atomic E-state index is -4.53. The molecule has 0 aromatic heterocycles. The number of fused-ring (bicyclic) bond motifs is 1. The number of rotatable bonds is 7. The molecule has 1 heterocycles. The monoisotopic (exact) mass is 498 g/mol. The fourth-order valence-corrected chi connectivity index (χ4v) is 3.56. The van der Waals surface area contributed by atoms with Gasteiger partial charge in [-0.05, 0) is 42.3 Å². The lowest BCUT2D eigenvalue weighted by molar-refractivity contribution is -0.137. The lowest BCUT2D eigenvalue weighted by atomic mass is 10.1. The van der Waals surface area contributed by atoms with E-state index < -0.39 is 35.6 Å². The van der Waals surface area contributed by atoms with Gasteiger partial charge in [-0.3, -0.25) is 19.3 Å². The molecule has 1 aliphatic heterocycles. The molecule has 6 nitrogen and oxygen atoms in total. The number of alkyl halides is 3. The standard InChI is InChI=1S/C21H18BrF3N2O4/c22-14-6-7-15-16(10-14)20(31)27(19(15)30)8-2-5-18(29)26-11-17(28)12-3-1-4-13(9-12)21(23,24)25/h1,3-4,6-7,9-10,17,28H,2,5,8,11H2,(H,26,29). The summed E-state index contributed by atoms with van der Waals surface area (Å²) in [6.45, 7) is -0.214. The molecule has 1 atom stereocenters. The summed E-state index contributed by atoms with van der Waals surface area (Å²) in [5, 5.41) is 12.5. The number of nitrogens with one attached hydrogen (secondary N) is 1. The van der Waals surface area contributed by atoms with Crippen LogP contribution in [0.3, 0.4) is 0 Å². The number of hydrogen-bond acceptors (Lipinski definition) is 4. The minimum absolute atomic E-state index is 0.0214. The fraction of sp³-hybridized carbons (Fsp3) is 0.286. The van der Waals surface area contributed by atoms with Gasteiger partial charge in [0.2, 0.25) is 5.91 Å². The molecule has 1 aliphatic rings. The third kappa shape index (κ3) is 5.31. The SMILES string of the molecule is O=C(CCCN1C(=O)c2ccc(Br)cc2C1=O)NCC(O)c1cccc(C(F)(F)F)c1. The Kier molecular flexibility index (Phi) is 6.80. The van der Waals surface area contributed by atoms with Crippen molar-refractivity contribution >= 4 is 33.7 Å². The van der Waals surface area contributed by atoms with E-state index in [0.717, 1.165) is 17.0 Å². The number of aliphatic hydroxyl groups is 1. The molecule has 3 rings (SSSR count). The molecule has 2 aromatic rings. The van der Waals surface area contributed by atoms with Crippen LogP contribution in [0.2, 0.25) is 0 Å². The first-order valence-corrected chi connectivity index (χ1v) is 10.1. The largest absolute Gasteiger partial charge is 0.416 e. The molecule has 0 spiro atoms. The van der Waals surface area contributed by atoms with Gasteiger partial charge < -0.3 is 10.4 Å². The minimum Gasteiger partial charge on any atom is -0.387 e. The molecule has 164 valence electrons. The van der Waals surface area contributed by atoms with Crippen molar-refractivity contribution < 1.29 is 32.7 Å². The first kappa shape index (κ1) is 23.0. The topological polar surface area (TPSA) is 86.7 Å². The third-order valence-corrected chi connectivity index (χ3v) is 5.30. The van der Waals surface area contributed by atoms with Gasteiger partial charge in [0.05, 0.1) is 22.8 Å². The predicted octanol–water partition coefficient (Wildman–Crippen LogP) is 3.69. The van der Waals surface area contributed by atoms with E-state index in [9.17, 15) is 32.7 Å². The molecule has 3 amide bonds. The molecular weight excluding hydrogens is 481 g/mol. The maximum Gasteiger partial charge on any atom is 0.416 e. The van der Waals surface area contributed by atoms with E-state index in [0.29, 0.717) is 15.6 Å². The molecule has 10 heteroatoms. The maximum atomic E-state index is 12.8. The zero-order chi connectivity index (χ0) is 22.8. The van der Waals surface area contributed by atoms with Gasteiger partial charge in [-0.25, -0.2) is 0 Å². The van der Waals surface area contributed by atoms with Crippen LogP contribution in [0.25, 0.3) is 0 Å². The van der Waals surface area contributed by atoms with Gasteiger partial charge in [-0.1, -0.05) is 28.1 Å². The van der Waals surface area contributed by atoms with Crippen molar-refractivity contribution in [2.24, 2.45) is 0 Å². The third-order valence-electron chi connectivity index (χ3n) is 4.81. The number of imide groups is 1. The number of aliphatic hydroxyl groups excluding tert-OH is 1. The Hall–Kier alpha value is -2.72. The quantitative estimate of drug-likeness (QED) is 0.570. The zero-order valence-corrected chi connectivity index (χ0v) is 17.7. The molecule has 0 saturated carbocycles. The van der Waals surface area contributed by atoms with Crippen molar-refractivity contribution in [1.82, 2.24) is 10.2 Å². The average molecular weight is 499 g/mol. The summed E-state index contributed by atoms with van der Waals surface area (Å²) in [6.07, 6.45) is -5.65. The second-order valence-electron chi connectivity index (χ2n) is 7.00. The second kappa shape index (κ2) is 9.19. The van der Waals surface area contributed by atoms with Crippen molar-refractivity contribution in [2.45, 2.75) is 25.1 Å². The van der Waals surface area contributed by atoms with Gasteiger partial charge in [0.25, 0.3) is 11.8 Å². The Morgan fingerprint density at radius 3 is 2.52 bits per heavy atom. The van der Waals surface area contributed by atoms with E-state index in [-0.39, 0.29) is 31.5 Å². The van der Waals surface area contributed by atoms with E-state index in [2.05, 4.69) is 21.2 Å². The van der Waals surface area contributed by atoms with Gasteiger partial charge in [-0.15, -0.1) is 0 Å². The van der Waals surface area contributed by atoms with E-state index in [4.69, 9.17) is 0 Å². The van der Waals surface area contributed by atoms with Crippen LogP contribution in [0.15, 0.2) is 46.9 Å². The van der Waals surface area contributed by atoms with Gasteiger partial charge in [-0.2, -0.15) is 13.2 Å². The number of carbonyl (C=O) groups is 3. The molecule has 31 heavy (non-hydrogen) atoms. The summed E-state index contributed by atoms with van der Waals surface area (Å²) in [7, 11) is 0. The van der Waals surface area contributed by atoms with Crippen LogP contribution in [0.4, 0.5) is 13.2 Å². The molecule has 1 unspecified atom stereocenters. The first-order valence-electron chi connectivity index (χ1n) is 9.35. The normalized spacial score (nSPS) is 14.5. The van der Waals surface area contributed by atoms with Crippen molar-refractivity contribution in [3.05, 3.63) is 69.2 Å². The molecule has 0 radical (unpaired) electrons. The van der Waals surface area contributed by atoms with E-state index in [1.54, 1.807) is 18.2 Å². The number of amides is 3. The average Bonchev–Trinajstić information content (AvgIpc) is 2.95. The highest BCUT2D eigenvalue weighted by Crippen LogP contribution is 2.30. The Balaban J connectivity index is 1.47. The van der Waals surface area contributed by atoms with Crippen LogP contribution < -0.4 is 5.32 Å². The Morgan fingerprint density at radius 2 is 1.81 bits per heavy atom. The van der Waals surface area contributed by atoms with E-state index in [1.165, 1.54) is 12.1 Å². The highest BCUT2D eigenvalue weighted by molar-refractivity contribution is 9.10.